The minimum absolute atomic E-state index is 0.102. The van der Waals surface area contributed by atoms with Crippen molar-refractivity contribution in [2.45, 2.75) is 0 Å². The molecule has 1 heteroatoms. The summed E-state index contributed by atoms with van der Waals surface area (Å²) in [6, 6.07) is 80.3. The van der Waals surface area contributed by atoms with E-state index in [1.807, 2.05) is 95.9 Å². The van der Waals surface area contributed by atoms with E-state index < -0.39 is 0 Å². The van der Waals surface area contributed by atoms with Crippen molar-refractivity contribution in [1.82, 2.24) is 0 Å². The zero-order valence-electron chi connectivity index (χ0n) is 38.5. The topological polar surface area (TPSA) is 3.24 Å². The normalized spacial score (nSPS) is 12.1. The van der Waals surface area contributed by atoms with Gasteiger partial charge in [-0.1, -0.05) is 224 Å². The van der Waals surface area contributed by atoms with E-state index in [-0.39, 0.29) is 35.4 Å². The van der Waals surface area contributed by atoms with E-state index in [1.54, 1.807) is 0 Å². The molecule has 0 heterocycles. The predicted molar refractivity (Wildman–Crippen MR) is 269 cm³/mol. The van der Waals surface area contributed by atoms with Gasteiger partial charge >= 0.3 is 0 Å². The Labute approximate surface area is 375 Å². The van der Waals surface area contributed by atoms with Crippen LogP contribution in [-0.2, 0) is 0 Å². The molecule has 0 N–H and O–H groups in total. The van der Waals surface area contributed by atoms with Crippen LogP contribution in [0.3, 0.4) is 0 Å². The van der Waals surface area contributed by atoms with Gasteiger partial charge in [0, 0.05) is 17.1 Å². The fourth-order valence-corrected chi connectivity index (χ4v) is 8.77. The lowest BCUT2D eigenvalue weighted by Crippen LogP contribution is -2.09. The third kappa shape index (κ3) is 7.47. The first-order valence-electron chi connectivity index (χ1n) is 23.3. The smallest absolute Gasteiger partial charge is 0.0645 e. The SMILES string of the molecule is [2H]c1c([2H])c(N(c2ccc(-c3ccc(-c4ccccc4)cc3)cc2)c2ccc(-c3ccc4ccccc4c3-c3ccccc3)cc2)c([2H])c([2H])c1-c1ccc(-c2cccc3ccccc23)cc1. The van der Waals surface area contributed by atoms with Gasteiger partial charge in [-0.3, -0.25) is 0 Å². The molecule has 0 aromatic heterocycles. The van der Waals surface area contributed by atoms with Crippen LogP contribution in [0.5, 0.6) is 0 Å². The summed E-state index contributed by atoms with van der Waals surface area (Å²) in [6.07, 6.45) is 0. The molecule has 0 aliphatic carbocycles. The fraction of sp³-hybridized carbons (Fsp3) is 0. The molecule has 296 valence electrons. The number of rotatable bonds is 9. The monoisotopic (exact) mass is 805 g/mol. The standard InChI is InChI=1S/C62H43N/c1-3-12-44(13-4-1)45-22-24-46(25-23-45)48-30-37-55(38-31-48)63(56-39-32-49(33-40-56)47-26-28-52(29-27-47)59-21-11-18-50-14-7-9-19-58(50)59)57-41-34-53(35-42-57)61-43-36-51-15-8-10-20-60(51)62(61)54-16-5-2-6-17-54/h1-43H/i32D,33D,39D,40D. The van der Waals surface area contributed by atoms with Crippen molar-refractivity contribution >= 4 is 38.6 Å². The number of anilines is 3. The molecule has 0 fully saturated rings. The van der Waals surface area contributed by atoms with Crippen LogP contribution in [0.15, 0.2) is 261 Å². The average molecular weight is 806 g/mol. The number of hydrogen-bond donors (Lipinski definition) is 0. The summed E-state index contributed by atoms with van der Waals surface area (Å²) >= 11 is 0. The average Bonchev–Trinajstić information content (AvgIpc) is 3.40. The molecule has 0 atom stereocenters. The van der Waals surface area contributed by atoms with Gasteiger partial charge < -0.3 is 4.90 Å². The molecule has 0 aliphatic heterocycles. The van der Waals surface area contributed by atoms with Crippen LogP contribution in [-0.4, -0.2) is 0 Å². The van der Waals surface area contributed by atoms with E-state index in [0.717, 1.165) is 71.8 Å². The molecule has 0 bridgehead atoms. The Morgan fingerprint density at radius 1 is 0.238 bits per heavy atom. The van der Waals surface area contributed by atoms with Crippen LogP contribution in [0, 0.1) is 0 Å². The summed E-state index contributed by atoms with van der Waals surface area (Å²) in [5.41, 5.74) is 13.3. The minimum Gasteiger partial charge on any atom is -0.311 e. The highest BCUT2D eigenvalue weighted by Gasteiger charge is 2.16. The molecule has 0 saturated heterocycles. The van der Waals surface area contributed by atoms with Crippen LogP contribution in [0.4, 0.5) is 17.1 Å². The molecule has 11 rings (SSSR count). The summed E-state index contributed by atoms with van der Waals surface area (Å²) in [5.74, 6) is 0. The van der Waals surface area contributed by atoms with E-state index >= 15 is 0 Å². The molecular formula is C62H43N. The van der Waals surface area contributed by atoms with Gasteiger partial charge in [0.15, 0.2) is 0 Å². The molecule has 0 aliphatic rings. The van der Waals surface area contributed by atoms with E-state index in [1.165, 1.54) is 5.39 Å². The van der Waals surface area contributed by atoms with Crippen LogP contribution in [0.2, 0.25) is 0 Å². The molecule has 0 unspecified atom stereocenters. The van der Waals surface area contributed by atoms with E-state index in [2.05, 4.69) is 146 Å². The molecule has 63 heavy (non-hydrogen) atoms. The minimum atomic E-state index is -0.125. The number of benzene rings is 11. The zero-order valence-corrected chi connectivity index (χ0v) is 34.5. The van der Waals surface area contributed by atoms with E-state index in [0.29, 0.717) is 16.9 Å². The van der Waals surface area contributed by atoms with Gasteiger partial charge in [-0.2, -0.15) is 0 Å². The second-order valence-electron chi connectivity index (χ2n) is 15.8. The van der Waals surface area contributed by atoms with Crippen LogP contribution < -0.4 is 4.90 Å². The van der Waals surface area contributed by atoms with Crippen molar-refractivity contribution in [2.75, 3.05) is 4.90 Å². The molecule has 0 amide bonds. The third-order valence-corrected chi connectivity index (χ3v) is 12.0. The van der Waals surface area contributed by atoms with Gasteiger partial charge in [-0.25, -0.2) is 0 Å². The lowest BCUT2D eigenvalue weighted by molar-refractivity contribution is 1.28. The van der Waals surface area contributed by atoms with Crippen molar-refractivity contribution in [3.63, 3.8) is 0 Å². The zero-order chi connectivity index (χ0) is 45.4. The number of fused-ring (bicyclic) bond motifs is 2. The highest BCUT2D eigenvalue weighted by molar-refractivity contribution is 6.04. The van der Waals surface area contributed by atoms with Crippen molar-refractivity contribution in [3.8, 4) is 66.8 Å². The fourth-order valence-electron chi connectivity index (χ4n) is 8.77. The summed E-state index contributed by atoms with van der Waals surface area (Å²) in [7, 11) is 0. The second kappa shape index (κ2) is 16.7. The molecular weight excluding hydrogens is 759 g/mol. The highest BCUT2D eigenvalue weighted by atomic mass is 15.1. The van der Waals surface area contributed by atoms with Gasteiger partial charge in [0.2, 0.25) is 0 Å². The van der Waals surface area contributed by atoms with Crippen LogP contribution >= 0.6 is 0 Å². The van der Waals surface area contributed by atoms with E-state index in [9.17, 15) is 5.48 Å². The second-order valence-corrected chi connectivity index (χ2v) is 15.8. The van der Waals surface area contributed by atoms with Crippen LogP contribution in [0.1, 0.15) is 5.48 Å². The Morgan fingerprint density at radius 2 is 0.651 bits per heavy atom. The summed E-state index contributed by atoms with van der Waals surface area (Å²) in [6.45, 7) is 0. The van der Waals surface area contributed by atoms with Gasteiger partial charge in [-0.15, -0.1) is 0 Å². The largest absolute Gasteiger partial charge is 0.311 e. The first kappa shape index (κ1) is 33.5. The maximum Gasteiger partial charge on any atom is 0.0645 e. The first-order chi connectivity index (χ1) is 32.9. The van der Waals surface area contributed by atoms with Gasteiger partial charge in [0.1, 0.15) is 0 Å². The lowest BCUT2D eigenvalue weighted by atomic mass is 9.90. The summed E-state index contributed by atoms with van der Waals surface area (Å²) < 4.78 is 38.2. The highest BCUT2D eigenvalue weighted by Crippen LogP contribution is 2.42. The molecule has 0 saturated carbocycles. The molecule has 11 aromatic rings. The Hall–Kier alpha value is -8.26. The Bertz CT molecular complexity index is 3540. The summed E-state index contributed by atoms with van der Waals surface area (Å²) in [5, 5.41) is 4.62. The maximum atomic E-state index is 9.63. The summed E-state index contributed by atoms with van der Waals surface area (Å²) in [4.78, 5) is 1.86. The van der Waals surface area contributed by atoms with Crippen molar-refractivity contribution in [3.05, 3.63) is 261 Å². The van der Waals surface area contributed by atoms with Crippen molar-refractivity contribution < 1.29 is 5.48 Å². The third-order valence-electron chi connectivity index (χ3n) is 12.0. The van der Waals surface area contributed by atoms with Gasteiger partial charge in [-0.05, 0) is 125 Å². The molecule has 0 radical (unpaired) electrons. The Kier molecular flexibility index (Phi) is 8.84. The predicted octanol–water partition coefficient (Wildman–Crippen LogP) is 17.5. The Morgan fingerprint density at radius 3 is 1.25 bits per heavy atom. The van der Waals surface area contributed by atoms with Crippen LogP contribution in [0.25, 0.3) is 88.3 Å². The number of hydrogen-bond acceptors (Lipinski definition) is 1. The number of nitrogens with zero attached hydrogens (tertiary/aromatic N) is 1. The van der Waals surface area contributed by atoms with E-state index in [4.69, 9.17) is 0 Å². The molecule has 0 spiro atoms. The van der Waals surface area contributed by atoms with Gasteiger partial charge in [0.25, 0.3) is 0 Å². The quantitative estimate of drug-likeness (QED) is 0.140. The first-order valence-corrected chi connectivity index (χ1v) is 21.3. The Balaban J connectivity index is 1.01. The van der Waals surface area contributed by atoms with Crippen molar-refractivity contribution in [2.24, 2.45) is 0 Å². The molecule has 1 nitrogen and oxygen atoms in total. The lowest BCUT2D eigenvalue weighted by Gasteiger charge is -2.26. The maximum absolute atomic E-state index is 9.63. The van der Waals surface area contributed by atoms with Gasteiger partial charge in [0.05, 0.1) is 5.48 Å². The van der Waals surface area contributed by atoms with Crippen molar-refractivity contribution in [1.29, 1.82) is 0 Å². The molecule has 11 aromatic carbocycles.